The Morgan fingerprint density at radius 3 is 2.85 bits per heavy atom. The van der Waals surface area contributed by atoms with E-state index in [0.29, 0.717) is 0 Å². The SMILES string of the molecule is CCCc1scc(NCc2cccs2)cnncc1Br. The first kappa shape index (κ1) is 15.4. The van der Waals surface area contributed by atoms with Gasteiger partial charge in [0.15, 0.2) is 0 Å². The van der Waals surface area contributed by atoms with Crippen molar-refractivity contribution in [1.82, 2.24) is 10.2 Å². The maximum atomic E-state index is 4.06. The average molecular weight is 370 g/mol. The maximum absolute atomic E-state index is 4.06. The normalized spacial score (nSPS) is 10.1. The summed E-state index contributed by atoms with van der Waals surface area (Å²) in [6.45, 7) is 2.99. The second-order valence-electron chi connectivity index (χ2n) is 4.13. The van der Waals surface area contributed by atoms with Gasteiger partial charge in [-0.1, -0.05) is 19.4 Å². The van der Waals surface area contributed by atoms with Gasteiger partial charge in [0.25, 0.3) is 0 Å². The van der Waals surface area contributed by atoms with Crippen molar-refractivity contribution in [2.75, 3.05) is 5.32 Å². The van der Waals surface area contributed by atoms with Gasteiger partial charge in [-0.25, -0.2) is 0 Å². The molecule has 0 fully saturated rings. The quantitative estimate of drug-likeness (QED) is 0.800. The molecule has 20 heavy (non-hydrogen) atoms. The molecule has 0 radical (unpaired) electrons. The molecular weight excluding hydrogens is 354 g/mol. The van der Waals surface area contributed by atoms with Crippen molar-refractivity contribution in [3.8, 4) is 0 Å². The Balaban J connectivity index is 2.20. The lowest BCUT2D eigenvalue weighted by Gasteiger charge is -2.01. The molecule has 106 valence electrons. The second kappa shape index (κ2) is 8.34. The van der Waals surface area contributed by atoms with Crippen molar-refractivity contribution in [2.24, 2.45) is 0 Å². The van der Waals surface area contributed by atoms with Crippen molar-refractivity contribution in [2.45, 2.75) is 26.3 Å². The topological polar surface area (TPSA) is 37.8 Å². The van der Waals surface area contributed by atoms with Gasteiger partial charge < -0.3 is 5.32 Å². The maximum Gasteiger partial charge on any atom is 0.0735 e. The zero-order valence-electron chi connectivity index (χ0n) is 11.2. The van der Waals surface area contributed by atoms with Crippen LogP contribution >= 0.6 is 38.6 Å². The van der Waals surface area contributed by atoms with E-state index in [2.05, 4.69) is 61.3 Å². The summed E-state index contributed by atoms with van der Waals surface area (Å²) in [4.78, 5) is 2.58. The third-order valence-corrected chi connectivity index (χ3v) is 5.46. The standard InChI is InChI=1S/C14H16BrN3S2/c1-2-4-14-13(15)9-18-17-7-11(10-20-14)16-8-12-5-3-6-19-12/h3,5-7,9-10,16H,2,4,8H2,1H3. The van der Waals surface area contributed by atoms with E-state index in [0.717, 1.165) is 29.5 Å². The lowest BCUT2D eigenvalue weighted by atomic mass is 10.3. The van der Waals surface area contributed by atoms with Gasteiger partial charge in [-0.3, -0.25) is 0 Å². The molecule has 0 aliphatic rings. The number of anilines is 1. The van der Waals surface area contributed by atoms with E-state index in [1.54, 1.807) is 35.1 Å². The largest absolute Gasteiger partial charge is 0.378 e. The average Bonchev–Trinajstić information content (AvgIpc) is 2.97. The van der Waals surface area contributed by atoms with E-state index < -0.39 is 0 Å². The highest BCUT2D eigenvalue weighted by Gasteiger charge is 1.98. The van der Waals surface area contributed by atoms with E-state index in [1.807, 2.05) is 0 Å². The molecule has 2 heterocycles. The van der Waals surface area contributed by atoms with Crippen LogP contribution in [0.1, 0.15) is 23.1 Å². The highest BCUT2D eigenvalue weighted by atomic mass is 79.9. The number of aromatic nitrogens is 2. The number of hydrogen-bond acceptors (Lipinski definition) is 5. The Morgan fingerprint density at radius 1 is 1.25 bits per heavy atom. The van der Waals surface area contributed by atoms with Crippen molar-refractivity contribution in [3.05, 3.63) is 49.5 Å². The van der Waals surface area contributed by atoms with Gasteiger partial charge in [0.2, 0.25) is 0 Å². The summed E-state index contributed by atoms with van der Waals surface area (Å²) in [5.74, 6) is 0. The van der Waals surface area contributed by atoms with E-state index in [-0.39, 0.29) is 0 Å². The summed E-state index contributed by atoms with van der Waals surface area (Å²) in [5, 5.41) is 15.7. The highest BCUT2D eigenvalue weighted by molar-refractivity contribution is 9.10. The molecule has 1 N–H and O–H groups in total. The first-order valence-corrected chi connectivity index (χ1v) is 8.93. The van der Waals surface area contributed by atoms with Crippen LogP contribution in [0.3, 0.4) is 0 Å². The second-order valence-corrected chi connectivity index (χ2v) is 6.98. The van der Waals surface area contributed by atoms with Crippen LogP contribution in [0.2, 0.25) is 0 Å². The zero-order valence-corrected chi connectivity index (χ0v) is 14.4. The molecular formula is C14H16BrN3S2. The van der Waals surface area contributed by atoms with Gasteiger partial charge in [0, 0.05) is 21.7 Å². The lowest BCUT2D eigenvalue weighted by molar-refractivity contribution is 0.931. The predicted octanol–water partition coefficient (Wildman–Crippen LogP) is 5.05. The number of halogens is 1. The van der Waals surface area contributed by atoms with Crippen LogP contribution < -0.4 is 5.32 Å². The van der Waals surface area contributed by atoms with Gasteiger partial charge in [-0.2, -0.15) is 10.2 Å². The molecule has 0 bridgehead atoms. The highest BCUT2D eigenvalue weighted by Crippen LogP contribution is 2.21. The third-order valence-electron chi connectivity index (χ3n) is 2.55. The third kappa shape index (κ3) is 4.85. The molecule has 6 heteroatoms. The van der Waals surface area contributed by atoms with Gasteiger partial charge >= 0.3 is 0 Å². The van der Waals surface area contributed by atoms with Crippen LogP contribution in [-0.2, 0) is 13.0 Å². The summed E-state index contributed by atoms with van der Waals surface area (Å²) in [6.07, 6.45) is 5.65. The van der Waals surface area contributed by atoms with Crippen molar-refractivity contribution < 1.29 is 0 Å². The Kier molecular flexibility index (Phi) is 6.42. The van der Waals surface area contributed by atoms with Gasteiger partial charge in [-0.05, 0) is 33.8 Å². The number of nitrogens with zero attached hydrogens (tertiary/aromatic N) is 2. The first-order chi connectivity index (χ1) is 9.79. The number of hydrogen-bond donors (Lipinski definition) is 1. The molecule has 0 aliphatic heterocycles. The molecule has 0 atom stereocenters. The fourth-order valence-electron chi connectivity index (χ4n) is 1.57. The summed E-state index contributed by atoms with van der Waals surface area (Å²) >= 11 is 7.02. The van der Waals surface area contributed by atoms with Crippen LogP contribution in [0.15, 0.2) is 39.8 Å². The van der Waals surface area contributed by atoms with Crippen LogP contribution in [0.4, 0.5) is 5.69 Å². The molecule has 0 spiro atoms. The molecule has 2 rings (SSSR count). The minimum absolute atomic E-state index is 0.813. The van der Waals surface area contributed by atoms with Gasteiger partial charge in [-0.15, -0.1) is 22.7 Å². The van der Waals surface area contributed by atoms with Crippen LogP contribution in [0, 0.1) is 0 Å². The van der Waals surface area contributed by atoms with E-state index in [4.69, 9.17) is 0 Å². The van der Waals surface area contributed by atoms with Crippen molar-refractivity contribution >= 4 is 44.3 Å². The number of aryl methyl sites for hydroxylation is 1. The molecule has 0 aliphatic carbocycles. The lowest BCUT2D eigenvalue weighted by Crippen LogP contribution is -1.96. The van der Waals surface area contributed by atoms with Crippen LogP contribution in [0.5, 0.6) is 0 Å². The van der Waals surface area contributed by atoms with Crippen molar-refractivity contribution in [1.29, 1.82) is 0 Å². The van der Waals surface area contributed by atoms with E-state index in [1.165, 1.54) is 9.75 Å². The number of thiophene rings is 1. The van der Waals surface area contributed by atoms with Crippen LogP contribution in [0.25, 0.3) is 0 Å². The molecule has 2 aromatic heterocycles. The minimum Gasteiger partial charge on any atom is -0.378 e. The molecule has 3 nitrogen and oxygen atoms in total. The number of rotatable bonds is 5. The molecule has 0 unspecified atom stereocenters. The van der Waals surface area contributed by atoms with Gasteiger partial charge in [0.05, 0.1) is 22.6 Å². The Bertz CT molecular complexity index is 580. The summed E-state index contributed by atoms with van der Waals surface area (Å²) in [5.41, 5.74) is 0.983. The molecule has 0 aromatic carbocycles. The fourth-order valence-corrected chi connectivity index (χ4v) is 3.68. The van der Waals surface area contributed by atoms with E-state index >= 15 is 0 Å². The van der Waals surface area contributed by atoms with E-state index in [9.17, 15) is 0 Å². The van der Waals surface area contributed by atoms with Crippen LogP contribution in [-0.4, -0.2) is 10.2 Å². The summed E-state index contributed by atoms with van der Waals surface area (Å²) < 4.78 is 1.01. The van der Waals surface area contributed by atoms with Gasteiger partial charge in [0.1, 0.15) is 0 Å². The minimum atomic E-state index is 0.813. The summed E-state index contributed by atoms with van der Waals surface area (Å²) in [7, 11) is 0. The number of nitrogens with one attached hydrogen (secondary N) is 1. The molecule has 0 amide bonds. The Morgan fingerprint density at radius 2 is 2.10 bits per heavy atom. The fraction of sp³-hybridized carbons (Fsp3) is 0.286. The Labute approximate surface area is 135 Å². The molecule has 2 aromatic rings. The monoisotopic (exact) mass is 369 g/mol. The smallest absolute Gasteiger partial charge is 0.0735 e. The molecule has 0 saturated heterocycles. The Hall–Kier alpha value is -0.980. The predicted molar refractivity (Wildman–Crippen MR) is 90.9 cm³/mol. The van der Waals surface area contributed by atoms with Crippen molar-refractivity contribution in [3.63, 3.8) is 0 Å². The summed E-state index contributed by atoms with van der Waals surface area (Å²) in [6, 6.07) is 4.18. The zero-order chi connectivity index (χ0) is 14.2. The first-order valence-electron chi connectivity index (χ1n) is 6.37. The molecule has 0 saturated carbocycles.